The third-order valence-electron chi connectivity index (χ3n) is 3.63. The van der Waals surface area contributed by atoms with Gasteiger partial charge in [0, 0.05) is 31.7 Å². The summed E-state index contributed by atoms with van der Waals surface area (Å²) in [6.07, 6.45) is 2.50. The van der Waals surface area contributed by atoms with E-state index in [0.717, 1.165) is 36.5 Å². The number of piperidine rings is 1. The number of likely N-dealkylation sites (tertiary alicyclic amines) is 1. The lowest BCUT2D eigenvalue weighted by molar-refractivity contribution is 0.273. The maximum Gasteiger partial charge on any atom is 0.193 e. The van der Waals surface area contributed by atoms with Crippen molar-refractivity contribution in [3.8, 4) is 0 Å². The van der Waals surface area contributed by atoms with Crippen LogP contribution in [0.25, 0.3) is 0 Å². The van der Waals surface area contributed by atoms with Crippen LogP contribution in [0.15, 0.2) is 29.3 Å². The third-order valence-corrected chi connectivity index (χ3v) is 3.87. The Kier molecular flexibility index (Phi) is 7.66. The summed E-state index contributed by atoms with van der Waals surface area (Å²) in [6, 6.07) is 7.93. The number of aliphatic imine (C=N–C) groups is 1. The van der Waals surface area contributed by atoms with Crippen molar-refractivity contribution in [2.45, 2.75) is 26.3 Å². The number of guanidine groups is 1. The summed E-state index contributed by atoms with van der Waals surface area (Å²) in [5, 5.41) is 4.19. The highest BCUT2D eigenvalue weighted by Crippen LogP contribution is 2.16. The summed E-state index contributed by atoms with van der Waals surface area (Å²) in [4.78, 5) is 6.71. The van der Waals surface area contributed by atoms with Gasteiger partial charge in [-0.1, -0.05) is 30.7 Å². The third kappa shape index (κ3) is 5.13. The van der Waals surface area contributed by atoms with Gasteiger partial charge in [0.15, 0.2) is 5.96 Å². The molecule has 3 nitrogen and oxygen atoms in total. The Morgan fingerprint density at radius 3 is 2.70 bits per heavy atom. The van der Waals surface area contributed by atoms with Crippen LogP contribution in [0, 0.1) is 5.92 Å². The normalized spacial score (nSPS) is 16.8. The van der Waals surface area contributed by atoms with Crippen LogP contribution in [-0.2, 0) is 6.54 Å². The molecular weight excluding hydrogens is 385 g/mol. The fraction of sp³-hybridized carbons (Fsp3) is 0.533. The molecule has 0 aliphatic carbocycles. The molecule has 1 fully saturated rings. The largest absolute Gasteiger partial charge is 0.352 e. The number of benzene rings is 1. The smallest absolute Gasteiger partial charge is 0.193 e. The van der Waals surface area contributed by atoms with Gasteiger partial charge in [-0.25, -0.2) is 0 Å². The van der Waals surface area contributed by atoms with Crippen molar-refractivity contribution in [1.82, 2.24) is 10.2 Å². The molecule has 112 valence electrons. The first-order valence-electron chi connectivity index (χ1n) is 6.89. The molecule has 0 radical (unpaired) electrons. The van der Waals surface area contributed by atoms with Crippen LogP contribution in [0.5, 0.6) is 0 Å². The van der Waals surface area contributed by atoms with Gasteiger partial charge < -0.3 is 10.2 Å². The van der Waals surface area contributed by atoms with Gasteiger partial charge >= 0.3 is 0 Å². The van der Waals surface area contributed by atoms with E-state index in [1.807, 2.05) is 25.2 Å². The predicted molar refractivity (Wildman–Crippen MR) is 97.0 cm³/mol. The zero-order chi connectivity index (χ0) is 13.7. The molecule has 1 heterocycles. The van der Waals surface area contributed by atoms with Crippen LogP contribution in [0.4, 0.5) is 0 Å². The highest BCUT2D eigenvalue weighted by molar-refractivity contribution is 14.0. The summed E-state index contributed by atoms with van der Waals surface area (Å²) >= 11 is 5.99. The quantitative estimate of drug-likeness (QED) is 0.459. The van der Waals surface area contributed by atoms with Gasteiger partial charge in [0.1, 0.15) is 0 Å². The monoisotopic (exact) mass is 407 g/mol. The first kappa shape index (κ1) is 17.6. The molecule has 5 heteroatoms. The van der Waals surface area contributed by atoms with Crippen molar-refractivity contribution in [1.29, 1.82) is 0 Å². The van der Waals surface area contributed by atoms with E-state index in [1.54, 1.807) is 0 Å². The zero-order valence-electron chi connectivity index (χ0n) is 12.1. The molecule has 20 heavy (non-hydrogen) atoms. The molecule has 0 aromatic heterocycles. The molecular formula is C15H23ClIN3. The summed E-state index contributed by atoms with van der Waals surface area (Å²) in [5.41, 5.74) is 1.18. The Bertz CT molecular complexity index is 442. The van der Waals surface area contributed by atoms with Crippen molar-refractivity contribution in [3.63, 3.8) is 0 Å². The molecule has 1 aromatic carbocycles. The first-order valence-corrected chi connectivity index (χ1v) is 7.27. The van der Waals surface area contributed by atoms with Gasteiger partial charge in [0.05, 0.1) is 0 Å². The highest BCUT2D eigenvalue weighted by atomic mass is 127. The Hall–Kier alpha value is -0.490. The Morgan fingerprint density at radius 1 is 1.40 bits per heavy atom. The van der Waals surface area contributed by atoms with Crippen molar-refractivity contribution < 1.29 is 0 Å². The lowest BCUT2D eigenvalue weighted by Gasteiger charge is -2.32. The van der Waals surface area contributed by atoms with Crippen LogP contribution in [0.1, 0.15) is 25.3 Å². The molecule has 0 saturated carbocycles. The Morgan fingerprint density at radius 2 is 2.10 bits per heavy atom. The number of hydrogen-bond acceptors (Lipinski definition) is 1. The molecule has 1 aliphatic heterocycles. The van der Waals surface area contributed by atoms with Gasteiger partial charge in [-0.2, -0.15) is 0 Å². The molecule has 0 atom stereocenters. The second-order valence-corrected chi connectivity index (χ2v) is 5.64. The molecule has 0 spiro atoms. The van der Waals surface area contributed by atoms with Crippen molar-refractivity contribution in [2.75, 3.05) is 20.1 Å². The van der Waals surface area contributed by atoms with Crippen LogP contribution in [-0.4, -0.2) is 31.0 Å². The van der Waals surface area contributed by atoms with E-state index in [2.05, 4.69) is 28.2 Å². The van der Waals surface area contributed by atoms with E-state index < -0.39 is 0 Å². The summed E-state index contributed by atoms with van der Waals surface area (Å²) < 4.78 is 0. The van der Waals surface area contributed by atoms with Gasteiger partial charge in [0.25, 0.3) is 0 Å². The number of nitrogens with one attached hydrogen (secondary N) is 1. The number of halogens is 2. The van der Waals surface area contributed by atoms with E-state index >= 15 is 0 Å². The summed E-state index contributed by atoms with van der Waals surface area (Å²) in [5.74, 6) is 1.83. The molecule has 1 saturated heterocycles. The number of hydrogen-bond donors (Lipinski definition) is 1. The lowest BCUT2D eigenvalue weighted by Crippen LogP contribution is -2.45. The fourth-order valence-electron chi connectivity index (χ4n) is 2.38. The standard InChI is InChI=1S/C15H22ClN3.HI/c1-12-6-8-19(9-7-12)15(17-2)18-11-13-4-3-5-14(16)10-13;/h3-5,10,12H,6-9,11H2,1-2H3,(H,17,18);1H. The summed E-state index contributed by atoms with van der Waals surface area (Å²) in [7, 11) is 1.85. The van der Waals surface area contributed by atoms with Crippen LogP contribution >= 0.6 is 35.6 Å². The van der Waals surface area contributed by atoms with Gasteiger partial charge in [-0.3, -0.25) is 4.99 Å². The highest BCUT2D eigenvalue weighted by Gasteiger charge is 2.18. The fourth-order valence-corrected chi connectivity index (χ4v) is 2.59. The molecule has 0 unspecified atom stereocenters. The topological polar surface area (TPSA) is 27.6 Å². The van der Waals surface area contributed by atoms with Crippen LogP contribution in [0.3, 0.4) is 0 Å². The SMILES string of the molecule is CN=C(NCc1cccc(Cl)c1)N1CCC(C)CC1.I. The van der Waals surface area contributed by atoms with Crippen molar-refractivity contribution in [2.24, 2.45) is 10.9 Å². The van der Waals surface area contributed by atoms with E-state index in [0.29, 0.717) is 0 Å². The molecule has 1 N–H and O–H groups in total. The van der Waals surface area contributed by atoms with Gasteiger partial charge in [-0.15, -0.1) is 24.0 Å². The minimum absolute atomic E-state index is 0. The average molecular weight is 408 g/mol. The van der Waals surface area contributed by atoms with E-state index in [-0.39, 0.29) is 24.0 Å². The first-order chi connectivity index (χ1) is 9.19. The van der Waals surface area contributed by atoms with Gasteiger partial charge in [0.2, 0.25) is 0 Å². The zero-order valence-corrected chi connectivity index (χ0v) is 15.2. The maximum absolute atomic E-state index is 5.99. The maximum atomic E-state index is 5.99. The van der Waals surface area contributed by atoms with Crippen molar-refractivity contribution in [3.05, 3.63) is 34.9 Å². The number of nitrogens with zero attached hydrogens (tertiary/aromatic N) is 2. The van der Waals surface area contributed by atoms with Crippen LogP contribution in [0.2, 0.25) is 5.02 Å². The summed E-state index contributed by atoms with van der Waals surface area (Å²) in [6.45, 7) is 5.27. The lowest BCUT2D eigenvalue weighted by atomic mass is 10.00. The second kappa shape index (κ2) is 8.72. The van der Waals surface area contributed by atoms with Gasteiger partial charge in [-0.05, 0) is 36.5 Å². The number of rotatable bonds is 2. The average Bonchev–Trinajstić information content (AvgIpc) is 2.41. The minimum atomic E-state index is 0. The predicted octanol–water partition coefficient (Wildman–Crippen LogP) is 3.77. The Labute approximate surface area is 143 Å². The molecule has 2 rings (SSSR count). The second-order valence-electron chi connectivity index (χ2n) is 5.20. The van der Waals surface area contributed by atoms with Crippen LogP contribution < -0.4 is 5.32 Å². The van der Waals surface area contributed by atoms with E-state index in [1.165, 1.54) is 18.4 Å². The van der Waals surface area contributed by atoms with E-state index in [9.17, 15) is 0 Å². The van der Waals surface area contributed by atoms with Crippen molar-refractivity contribution >= 4 is 41.5 Å². The Balaban J connectivity index is 0.00000200. The molecule has 0 bridgehead atoms. The molecule has 1 aliphatic rings. The molecule has 1 aromatic rings. The van der Waals surface area contributed by atoms with E-state index in [4.69, 9.17) is 11.6 Å². The molecule has 0 amide bonds. The minimum Gasteiger partial charge on any atom is -0.352 e.